The highest BCUT2D eigenvalue weighted by Crippen LogP contribution is 2.28. The Hall–Kier alpha value is -1.05. The summed E-state index contributed by atoms with van der Waals surface area (Å²) in [5, 5.41) is 18.3. The number of rotatable bonds is 3. The number of hydrogen-bond donors (Lipinski definition) is 3. The van der Waals surface area contributed by atoms with Crippen molar-refractivity contribution in [1.29, 1.82) is 0 Å². The third-order valence-corrected chi connectivity index (χ3v) is 2.25. The van der Waals surface area contributed by atoms with Crippen molar-refractivity contribution in [2.75, 3.05) is 0 Å². The summed E-state index contributed by atoms with van der Waals surface area (Å²) in [5.74, 6) is -1.65. The van der Waals surface area contributed by atoms with Gasteiger partial charge in [0.2, 0.25) is 0 Å². The van der Waals surface area contributed by atoms with Crippen LogP contribution in [-0.2, 0) is 0 Å². The summed E-state index contributed by atoms with van der Waals surface area (Å²) in [7, 11) is 0. The maximum atomic E-state index is 12.9. The van der Waals surface area contributed by atoms with Gasteiger partial charge < -0.3 is 15.9 Å². The molecule has 2 atom stereocenters. The largest absolute Gasteiger partial charge is 0.505 e. The van der Waals surface area contributed by atoms with Gasteiger partial charge in [-0.2, -0.15) is 13.2 Å². The molecule has 104 valence electrons. The zero-order valence-corrected chi connectivity index (χ0v) is 9.80. The topological polar surface area (TPSA) is 66.5 Å². The van der Waals surface area contributed by atoms with E-state index >= 15 is 0 Å². The van der Waals surface area contributed by atoms with Gasteiger partial charge in [0.25, 0.3) is 0 Å². The fourth-order valence-electron chi connectivity index (χ4n) is 1.24. The van der Waals surface area contributed by atoms with Gasteiger partial charge in [-0.05, 0) is 17.7 Å². The van der Waals surface area contributed by atoms with Crippen LogP contribution in [0.25, 0.3) is 0 Å². The van der Waals surface area contributed by atoms with Gasteiger partial charge in [0.05, 0.1) is 6.10 Å². The van der Waals surface area contributed by atoms with Crippen molar-refractivity contribution >= 4 is 12.4 Å². The Balaban J connectivity index is 0.00000289. The molecule has 8 heteroatoms. The number of phenolic OH excluding ortho intramolecular Hbond substituents is 1. The first-order valence-electron chi connectivity index (χ1n) is 4.70. The molecule has 0 amide bonds. The predicted octanol–water partition coefficient (Wildman–Crippen LogP) is 2.27. The van der Waals surface area contributed by atoms with Crippen molar-refractivity contribution < 1.29 is 27.8 Å². The van der Waals surface area contributed by atoms with Crippen LogP contribution in [0.4, 0.5) is 17.6 Å². The molecule has 0 aliphatic rings. The molecular weight excluding hydrogens is 278 g/mol. The van der Waals surface area contributed by atoms with Crippen LogP contribution >= 0.6 is 12.4 Å². The molecule has 0 bridgehead atoms. The second kappa shape index (κ2) is 6.21. The molecule has 0 saturated carbocycles. The number of alkyl halides is 3. The maximum absolute atomic E-state index is 12.9. The highest BCUT2D eigenvalue weighted by Gasteiger charge is 2.38. The second-order valence-corrected chi connectivity index (χ2v) is 3.61. The number of aliphatic hydroxyl groups is 1. The Kier molecular flexibility index (Phi) is 5.85. The van der Waals surface area contributed by atoms with Crippen molar-refractivity contribution in [2.24, 2.45) is 5.73 Å². The van der Waals surface area contributed by atoms with Crippen LogP contribution in [-0.4, -0.2) is 22.4 Å². The number of nitrogens with two attached hydrogens (primary N) is 1. The minimum atomic E-state index is -4.61. The van der Waals surface area contributed by atoms with E-state index < -0.39 is 36.3 Å². The number of phenols is 1. The normalized spacial score (nSPS) is 14.8. The Bertz CT molecular complexity index is 400. The van der Waals surface area contributed by atoms with Gasteiger partial charge in [0.15, 0.2) is 11.6 Å². The molecular formula is C10H12ClF4NO2. The molecule has 0 spiro atoms. The molecule has 3 nitrogen and oxygen atoms in total. The molecule has 0 unspecified atom stereocenters. The summed E-state index contributed by atoms with van der Waals surface area (Å²) in [5.41, 5.74) is 4.76. The first-order valence-corrected chi connectivity index (χ1v) is 4.70. The lowest BCUT2D eigenvalue weighted by molar-refractivity contribution is -0.153. The van der Waals surface area contributed by atoms with Crippen LogP contribution < -0.4 is 5.73 Å². The van der Waals surface area contributed by atoms with E-state index in [2.05, 4.69) is 0 Å². The zero-order chi connectivity index (χ0) is 13.2. The Labute approximate surface area is 107 Å². The molecule has 0 fully saturated rings. The molecule has 0 aliphatic carbocycles. The Morgan fingerprint density at radius 2 is 1.83 bits per heavy atom. The lowest BCUT2D eigenvalue weighted by Crippen LogP contribution is -2.38. The third kappa shape index (κ3) is 4.32. The average Bonchev–Trinajstić information content (AvgIpc) is 2.20. The molecule has 0 radical (unpaired) electrons. The van der Waals surface area contributed by atoms with Crippen molar-refractivity contribution in [3.8, 4) is 5.75 Å². The fourth-order valence-corrected chi connectivity index (χ4v) is 1.24. The molecule has 1 rings (SSSR count). The van der Waals surface area contributed by atoms with Crippen LogP contribution in [0.1, 0.15) is 18.1 Å². The van der Waals surface area contributed by atoms with Crippen LogP contribution in [0.5, 0.6) is 5.75 Å². The van der Waals surface area contributed by atoms with Gasteiger partial charge in [-0.1, -0.05) is 6.07 Å². The van der Waals surface area contributed by atoms with Gasteiger partial charge >= 0.3 is 6.18 Å². The van der Waals surface area contributed by atoms with Crippen molar-refractivity contribution in [3.05, 3.63) is 29.6 Å². The Morgan fingerprint density at radius 3 is 2.28 bits per heavy atom. The quantitative estimate of drug-likeness (QED) is 0.748. The number of aromatic hydroxyl groups is 1. The van der Waals surface area contributed by atoms with Gasteiger partial charge in [-0.25, -0.2) is 4.39 Å². The highest BCUT2D eigenvalue weighted by atomic mass is 35.5. The first-order chi connectivity index (χ1) is 7.71. The van der Waals surface area contributed by atoms with Gasteiger partial charge in [-0.3, -0.25) is 0 Å². The minimum absolute atomic E-state index is 0. The number of aliphatic hydroxyl groups excluding tert-OH is 1. The van der Waals surface area contributed by atoms with Crippen molar-refractivity contribution in [2.45, 2.75) is 24.7 Å². The summed E-state index contributed by atoms with van der Waals surface area (Å²) in [6.07, 6.45) is -6.92. The standard InChI is InChI=1S/C10H11F4NO2.ClH/c11-6-3-5(1-2-7(6)16)8(17)4-9(15)10(12,13)14;/h1-3,8-9,16-17H,4,15H2;1H/t8-,9-;/m0./s1. The van der Waals surface area contributed by atoms with E-state index in [-0.39, 0.29) is 18.0 Å². The average molecular weight is 290 g/mol. The van der Waals surface area contributed by atoms with Gasteiger partial charge in [-0.15, -0.1) is 12.4 Å². The van der Waals surface area contributed by atoms with E-state index in [9.17, 15) is 22.7 Å². The lowest BCUT2D eigenvalue weighted by atomic mass is 10.0. The predicted molar refractivity (Wildman–Crippen MR) is 58.9 cm³/mol. The summed E-state index contributed by atoms with van der Waals surface area (Å²) < 4.78 is 49.3. The smallest absolute Gasteiger partial charge is 0.403 e. The number of benzene rings is 1. The molecule has 1 aromatic rings. The molecule has 18 heavy (non-hydrogen) atoms. The fraction of sp³-hybridized carbons (Fsp3) is 0.400. The zero-order valence-electron chi connectivity index (χ0n) is 8.99. The minimum Gasteiger partial charge on any atom is -0.505 e. The van der Waals surface area contributed by atoms with Crippen LogP contribution in [0.15, 0.2) is 18.2 Å². The maximum Gasteiger partial charge on any atom is 0.403 e. The molecule has 0 aliphatic heterocycles. The van der Waals surface area contributed by atoms with Gasteiger partial charge in [0.1, 0.15) is 6.04 Å². The van der Waals surface area contributed by atoms with Crippen molar-refractivity contribution in [1.82, 2.24) is 0 Å². The monoisotopic (exact) mass is 289 g/mol. The van der Waals surface area contributed by atoms with E-state index in [0.29, 0.717) is 0 Å². The second-order valence-electron chi connectivity index (χ2n) is 3.61. The number of hydrogen-bond acceptors (Lipinski definition) is 3. The van der Waals surface area contributed by atoms with E-state index in [1.54, 1.807) is 0 Å². The third-order valence-electron chi connectivity index (χ3n) is 2.25. The van der Waals surface area contributed by atoms with E-state index in [1.807, 2.05) is 0 Å². The van der Waals surface area contributed by atoms with Crippen LogP contribution in [0.2, 0.25) is 0 Å². The molecule has 1 aromatic carbocycles. The van der Waals surface area contributed by atoms with E-state index in [4.69, 9.17) is 10.8 Å². The SMILES string of the molecule is Cl.N[C@@H](C[C@H](O)c1ccc(O)c(F)c1)C(F)(F)F. The molecule has 0 heterocycles. The first kappa shape index (κ1) is 16.9. The summed E-state index contributed by atoms with van der Waals surface area (Å²) in [6.45, 7) is 0. The number of halogens is 5. The molecule has 0 saturated heterocycles. The Morgan fingerprint density at radius 1 is 1.28 bits per heavy atom. The van der Waals surface area contributed by atoms with Crippen molar-refractivity contribution in [3.63, 3.8) is 0 Å². The summed E-state index contributed by atoms with van der Waals surface area (Å²) in [6, 6.07) is 0.664. The lowest BCUT2D eigenvalue weighted by Gasteiger charge is -2.19. The van der Waals surface area contributed by atoms with E-state index in [0.717, 1.165) is 18.2 Å². The summed E-state index contributed by atoms with van der Waals surface area (Å²) in [4.78, 5) is 0. The summed E-state index contributed by atoms with van der Waals surface area (Å²) >= 11 is 0. The van der Waals surface area contributed by atoms with Gasteiger partial charge in [0, 0.05) is 6.42 Å². The molecule has 0 aromatic heterocycles. The van der Waals surface area contributed by atoms with Crippen LogP contribution in [0.3, 0.4) is 0 Å². The molecule has 4 N–H and O–H groups in total. The highest BCUT2D eigenvalue weighted by molar-refractivity contribution is 5.85. The van der Waals surface area contributed by atoms with E-state index in [1.165, 1.54) is 0 Å². The van der Waals surface area contributed by atoms with Crippen LogP contribution in [0, 0.1) is 5.82 Å².